The van der Waals surface area contributed by atoms with Crippen LogP contribution in [0.4, 0.5) is 10.1 Å². The molecule has 2 aromatic rings. The van der Waals surface area contributed by atoms with Crippen LogP contribution in [0.3, 0.4) is 0 Å². The number of benzene rings is 1. The molecule has 2 fully saturated rings. The van der Waals surface area contributed by atoms with Crippen molar-refractivity contribution in [3.05, 3.63) is 29.8 Å². The third-order valence-corrected chi connectivity index (χ3v) is 4.76. The molecule has 2 saturated carbocycles. The fraction of sp³-hybridized carbons (Fsp3) is 0.467. The second kappa shape index (κ2) is 4.30. The Balaban J connectivity index is 1.66. The van der Waals surface area contributed by atoms with Gasteiger partial charge in [0.15, 0.2) is 5.82 Å². The highest BCUT2D eigenvalue weighted by molar-refractivity contribution is 5.70. The molecule has 0 saturated heterocycles. The molecular weight excluding hydrogens is 257 g/mol. The van der Waals surface area contributed by atoms with Crippen LogP contribution >= 0.6 is 0 Å². The van der Waals surface area contributed by atoms with Crippen molar-refractivity contribution in [2.24, 2.45) is 11.8 Å². The lowest BCUT2D eigenvalue weighted by Crippen LogP contribution is -2.09. The topological polar surface area (TPSA) is 64.9 Å². The van der Waals surface area contributed by atoms with Gasteiger partial charge in [-0.05, 0) is 49.3 Å². The average molecular weight is 273 g/mol. The van der Waals surface area contributed by atoms with Gasteiger partial charge in [0.25, 0.3) is 5.89 Å². The summed E-state index contributed by atoms with van der Waals surface area (Å²) in [4.78, 5) is 4.46. The first-order chi connectivity index (χ1) is 9.70. The quantitative estimate of drug-likeness (QED) is 0.852. The minimum Gasteiger partial charge on any atom is -0.398 e. The van der Waals surface area contributed by atoms with Gasteiger partial charge >= 0.3 is 0 Å². The maximum Gasteiger partial charge on any atom is 0.260 e. The maximum absolute atomic E-state index is 13.3. The summed E-state index contributed by atoms with van der Waals surface area (Å²) in [6.45, 7) is 0. The number of nitrogens with zero attached hydrogens (tertiary/aromatic N) is 2. The standard InChI is InChI=1S/C15H16FN3O/c16-10-3-4-13(17)12(7-10)15-18-14(19-20-15)11-6-8-1-2-9(11)5-8/h3-4,7-9,11H,1-2,5-6,17H2. The zero-order valence-corrected chi connectivity index (χ0v) is 11.1. The number of hydrogen-bond donors (Lipinski definition) is 1. The summed E-state index contributed by atoms with van der Waals surface area (Å²) in [6, 6.07) is 4.19. The van der Waals surface area contributed by atoms with Crippen LogP contribution < -0.4 is 5.73 Å². The van der Waals surface area contributed by atoms with E-state index in [9.17, 15) is 4.39 Å². The van der Waals surface area contributed by atoms with Gasteiger partial charge in [0.2, 0.25) is 0 Å². The Labute approximate surface area is 116 Å². The fourth-order valence-electron chi connectivity index (χ4n) is 3.77. The van der Waals surface area contributed by atoms with Crippen LogP contribution in [0.2, 0.25) is 0 Å². The van der Waals surface area contributed by atoms with Crippen LogP contribution in [0, 0.1) is 17.7 Å². The Bertz CT molecular complexity index is 654. The molecule has 5 heteroatoms. The SMILES string of the molecule is Nc1ccc(F)cc1-c1nc(C2CC3CCC2C3)no1. The highest BCUT2D eigenvalue weighted by Gasteiger charge is 2.42. The van der Waals surface area contributed by atoms with Gasteiger partial charge in [0.1, 0.15) is 5.82 Å². The van der Waals surface area contributed by atoms with Crippen molar-refractivity contribution in [2.75, 3.05) is 5.73 Å². The molecule has 1 aromatic carbocycles. The van der Waals surface area contributed by atoms with Gasteiger partial charge in [-0.3, -0.25) is 0 Å². The van der Waals surface area contributed by atoms with Crippen LogP contribution in [-0.4, -0.2) is 10.1 Å². The van der Waals surface area contributed by atoms with Crippen LogP contribution in [0.15, 0.2) is 22.7 Å². The summed E-state index contributed by atoms with van der Waals surface area (Å²) in [5, 5.41) is 4.10. The van der Waals surface area contributed by atoms with Crippen LogP contribution in [-0.2, 0) is 0 Å². The van der Waals surface area contributed by atoms with E-state index >= 15 is 0 Å². The molecule has 0 spiro atoms. The van der Waals surface area contributed by atoms with Crippen molar-refractivity contribution >= 4 is 5.69 Å². The second-order valence-electron chi connectivity index (χ2n) is 5.97. The summed E-state index contributed by atoms with van der Waals surface area (Å²) < 4.78 is 18.6. The van der Waals surface area contributed by atoms with E-state index in [-0.39, 0.29) is 5.82 Å². The molecule has 0 amide bonds. The van der Waals surface area contributed by atoms with E-state index in [0.29, 0.717) is 29.0 Å². The first kappa shape index (κ1) is 11.9. The molecule has 2 aliphatic carbocycles. The number of hydrogen-bond acceptors (Lipinski definition) is 4. The van der Waals surface area contributed by atoms with Crippen LogP contribution in [0.1, 0.15) is 37.4 Å². The molecule has 4 nitrogen and oxygen atoms in total. The largest absolute Gasteiger partial charge is 0.398 e. The number of nitrogen functional groups attached to an aromatic ring is 1. The van der Waals surface area contributed by atoms with Gasteiger partial charge in [-0.15, -0.1) is 0 Å². The Kier molecular flexibility index (Phi) is 2.55. The number of anilines is 1. The third-order valence-electron chi connectivity index (χ3n) is 4.76. The van der Waals surface area contributed by atoms with Crippen molar-refractivity contribution in [1.82, 2.24) is 10.1 Å². The van der Waals surface area contributed by atoms with E-state index in [0.717, 1.165) is 18.2 Å². The summed E-state index contributed by atoms with van der Waals surface area (Å²) in [5.41, 5.74) is 6.78. The van der Waals surface area contributed by atoms with Crippen LogP contribution in [0.25, 0.3) is 11.5 Å². The smallest absolute Gasteiger partial charge is 0.260 e. The van der Waals surface area contributed by atoms with Crippen molar-refractivity contribution < 1.29 is 8.91 Å². The van der Waals surface area contributed by atoms with Gasteiger partial charge in [-0.1, -0.05) is 11.6 Å². The van der Waals surface area contributed by atoms with Gasteiger partial charge in [-0.2, -0.15) is 4.98 Å². The number of rotatable bonds is 2. The molecule has 1 aromatic heterocycles. The average Bonchev–Trinajstić information content (AvgIpc) is 3.15. The van der Waals surface area contributed by atoms with Crippen LogP contribution in [0.5, 0.6) is 0 Å². The van der Waals surface area contributed by atoms with E-state index in [1.165, 1.54) is 37.5 Å². The maximum atomic E-state index is 13.3. The number of halogens is 1. The fourth-order valence-corrected chi connectivity index (χ4v) is 3.77. The predicted octanol–water partition coefficient (Wildman–Crippen LogP) is 3.36. The number of fused-ring (bicyclic) bond motifs is 2. The van der Waals surface area contributed by atoms with Gasteiger partial charge in [0.05, 0.1) is 5.56 Å². The van der Waals surface area contributed by atoms with E-state index in [1.54, 1.807) is 0 Å². The normalized spacial score (nSPS) is 28.1. The van der Waals surface area contributed by atoms with E-state index < -0.39 is 0 Å². The Morgan fingerprint density at radius 1 is 1.25 bits per heavy atom. The molecule has 2 bridgehead atoms. The lowest BCUT2D eigenvalue weighted by molar-refractivity contribution is 0.372. The molecular formula is C15H16FN3O. The number of nitrogens with two attached hydrogens (primary N) is 1. The van der Waals surface area contributed by atoms with Crippen molar-refractivity contribution in [3.8, 4) is 11.5 Å². The number of aromatic nitrogens is 2. The highest BCUT2D eigenvalue weighted by atomic mass is 19.1. The monoisotopic (exact) mass is 273 g/mol. The molecule has 104 valence electrons. The van der Waals surface area contributed by atoms with E-state index in [2.05, 4.69) is 10.1 Å². The molecule has 3 unspecified atom stereocenters. The minimum absolute atomic E-state index is 0.319. The lowest BCUT2D eigenvalue weighted by atomic mass is 9.88. The van der Waals surface area contributed by atoms with E-state index in [4.69, 9.17) is 10.3 Å². The Morgan fingerprint density at radius 3 is 2.90 bits per heavy atom. The molecule has 0 radical (unpaired) electrons. The van der Waals surface area contributed by atoms with Gasteiger partial charge in [0, 0.05) is 11.6 Å². The molecule has 2 aliphatic rings. The molecule has 0 aliphatic heterocycles. The molecule has 3 atom stereocenters. The third kappa shape index (κ3) is 1.80. The Morgan fingerprint density at radius 2 is 2.15 bits per heavy atom. The lowest BCUT2D eigenvalue weighted by Gasteiger charge is -2.17. The summed E-state index contributed by atoms with van der Waals surface area (Å²) in [5.74, 6) is 2.65. The minimum atomic E-state index is -0.353. The van der Waals surface area contributed by atoms with E-state index in [1.807, 2.05) is 0 Å². The highest BCUT2D eigenvalue weighted by Crippen LogP contribution is 2.52. The second-order valence-corrected chi connectivity index (χ2v) is 5.97. The van der Waals surface area contributed by atoms with Crippen molar-refractivity contribution in [1.29, 1.82) is 0 Å². The van der Waals surface area contributed by atoms with Crippen molar-refractivity contribution in [3.63, 3.8) is 0 Å². The van der Waals surface area contributed by atoms with Gasteiger partial charge < -0.3 is 10.3 Å². The zero-order valence-electron chi connectivity index (χ0n) is 11.1. The molecule has 4 rings (SSSR count). The zero-order chi connectivity index (χ0) is 13.7. The molecule has 20 heavy (non-hydrogen) atoms. The predicted molar refractivity (Wildman–Crippen MR) is 72.3 cm³/mol. The van der Waals surface area contributed by atoms with Gasteiger partial charge in [-0.25, -0.2) is 4.39 Å². The molecule has 2 N–H and O–H groups in total. The summed E-state index contributed by atoms with van der Waals surface area (Å²) >= 11 is 0. The van der Waals surface area contributed by atoms with Crippen molar-refractivity contribution in [2.45, 2.75) is 31.6 Å². The first-order valence-electron chi connectivity index (χ1n) is 7.09. The summed E-state index contributed by atoms with van der Waals surface area (Å²) in [6.07, 6.45) is 5.04. The first-order valence-corrected chi connectivity index (χ1v) is 7.09. The molecule has 1 heterocycles. The summed E-state index contributed by atoms with van der Waals surface area (Å²) in [7, 11) is 0. The Hall–Kier alpha value is -1.91.